The summed E-state index contributed by atoms with van der Waals surface area (Å²) in [4.78, 5) is 16.8. The van der Waals surface area contributed by atoms with Crippen molar-refractivity contribution in [2.24, 2.45) is 0 Å². The molecule has 6 heteroatoms. The number of aromatic nitrogens is 2. The Morgan fingerprint density at radius 2 is 2.25 bits per heavy atom. The van der Waals surface area contributed by atoms with Gasteiger partial charge in [0.1, 0.15) is 0 Å². The van der Waals surface area contributed by atoms with Crippen LogP contribution in [0.3, 0.4) is 0 Å². The third-order valence-corrected chi connectivity index (χ3v) is 3.87. The summed E-state index contributed by atoms with van der Waals surface area (Å²) in [5.74, 6) is 0. The number of nitrogens with one attached hydrogen (secondary N) is 1. The van der Waals surface area contributed by atoms with E-state index in [2.05, 4.69) is 10.3 Å². The Hall–Kier alpha value is -1.66. The smallest absolute Gasteiger partial charge is 0.260 e. The lowest BCUT2D eigenvalue weighted by Crippen LogP contribution is -2.22. The fourth-order valence-electron chi connectivity index (χ4n) is 2.00. The molecule has 2 aromatic heterocycles. The van der Waals surface area contributed by atoms with Crippen molar-refractivity contribution in [1.29, 1.82) is 0 Å². The summed E-state index contributed by atoms with van der Waals surface area (Å²) in [6, 6.07) is 3.80. The molecule has 2 heterocycles. The van der Waals surface area contributed by atoms with Crippen molar-refractivity contribution < 1.29 is 4.74 Å². The number of methoxy groups -OCH3 is 1. The number of hydrogen-bond donors (Lipinski definition) is 1. The molecule has 5 nitrogen and oxygen atoms in total. The van der Waals surface area contributed by atoms with Crippen LogP contribution in [0.15, 0.2) is 22.3 Å². The zero-order valence-electron chi connectivity index (χ0n) is 12.0. The highest BCUT2D eigenvalue weighted by Crippen LogP contribution is 2.22. The van der Waals surface area contributed by atoms with Crippen LogP contribution in [0.2, 0.25) is 0 Å². The molecular weight excluding hydrogens is 274 g/mol. The standard InChI is InChI=1S/C14H19N3O2S/c1-4-17-10(2)5-6-11(13(17)18)12-9-20-14(16-12)15-7-8-19-3/h5-6,9H,4,7-8H2,1-3H3,(H,15,16). The SMILES string of the molecule is CCn1c(C)ccc(-c2csc(NCCOC)n2)c1=O. The van der Waals surface area contributed by atoms with Crippen molar-refractivity contribution >= 4 is 16.5 Å². The minimum atomic E-state index is 0.0150. The second-order valence-electron chi connectivity index (χ2n) is 4.40. The van der Waals surface area contributed by atoms with Crippen molar-refractivity contribution in [3.05, 3.63) is 33.6 Å². The maximum Gasteiger partial charge on any atom is 0.260 e. The lowest BCUT2D eigenvalue weighted by atomic mass is 10.2. The van der Waals surface area contributed by atoms with Gasteiger partial charge in [0.2, 0.25) is 0 Å². The molecule has 0 aliphatic heterocycles. The summed E-state index contributed by atoms with van der Waals surface area (Å²) in [6.45, 7) is 5.91. The predicted molar refractivity (Wildman–Crippen MR) is 82.6 cm³/mol. The molecule has 0 fully saturated rings. The Labute approximate surface area is 122 Å². The van der Waals surface area contributed by atoms with E-state index in [0.29, 0.717) is 25.3 Å². The number of pyridine rings is 1. The van der Waals surface area contributed by atoms with Crippen molar-refractivity contribution in [3.63, 3.8) is 0 Å². The Morgan fingerprint density at radius 3 is 2.95 bits per heavy atom. The molecule has 0 saturated heterocycles. The lowest BCUT2D eigenvalue weighted by Gasteiger charge is -2.08. The molecule has 0 aromatic carbocycles. The molecule has 0 radical (unpaired) electrons. The number of hydrogen-bond acceptors (Lipinski definition) is 5. The van der Waals surface area contributed by atoms with Gasteiger partial charge in [-0.1, -0.05) is 0 Å². The fraction of sp³-hybridized carbons (Fsp3) is 0.429. The molecule has 2 rings (SSSR count). The summed E-state index contributed by atoms with van der Waals surface area (Å²) < 4.78 is 6.74. The van der Waals surface area contributed by atoms with Gasteiger partial charge in [-0.2, -0.15) is 0 Å². The molecule has 0 bridgehead atoms. The second-order valence-corrected chi connectivity index (χ2v) is 5.25. The largest absolute Gasteiger partial charge is 0.383 e. The first kappa shape index (κ1) is 14.7. The highest BCUT2D eigenvalue weighted by Gasteiger charge is 2.10. The van der Waals surface area contributed by atoms with Gasteiger partial charge in [-0.3, -0.25) is 4.79 Å². The number of thiazole rings is 1. The average molecular weight is 293 g/mol. The average Bonchev–Trinajstić information content (AvgIpc) is 2.88. The topological polar surface area (TPSA) is 56.1 Å². The second kappa shape index (κ2) is 6.67. The molecular formula is C14H19N3O2S. The van der Waals surface area contributed by atoms with Crippen LogP contribution in [-0.4, -0.2) is 29.8 Å². The Morgan fingerprint density at radius 1 is 1.45 bits per heavy atom. The molecule has 108 valence electrons. The maximum atomic E-state index is 12.4. The van der Waals surface area contributed by atoms with Crippen molar-refractivity contribution in [2.75, 3.05) is 25.6 Å². The Kier molecular flexibility index (Phi) is 4.92. The number of ether oxygens (including phenoxy) is 1. The Balaban J connectivity index is 2.26. The molecule has 0 amide bonds. The van der Waals surface area contributed by atoms with Gasteiger partial charge < -0.3 is 14.6 Å². The van der Waals surface area contributed by atoms with Gasteiger partial charge in [0.25, 0.3) is 5.56 Å². The van der Waals surface area contributed by atoms with Crippen LogP contribution in [0.4, 0.5) is 5.13 Å². The summed E-state index contributed by atoms with van der Waals surface area (Å²) in [5.41, 5.74) is 2.35. The van der Waals surface area contributed by atoms with Crippen LogP contribution in [0, 0.1) is 6.92 Å². The Bertz CT molecular complexity index is 634. The van der Waals surface area contributed by atoms with Crippen molar-refractivity contribution in [1.82, 2.24) is 9.55 Å². The van der Waals surface area contributed by atoms with Crippen LogP contribution >= 0.6 is 11.3 Å². The van der Waals surface area contributed by atoms with E-state index in [4.69, 9.17) is 4.74 Å². The van der Waals surface area contributed by atoms with E-state index in [0.717, 1.165) is 16.5 Å². The van der Waals surface area contributed by atoms with Gasteiger partial charge in [0.15, 0.2) is 5.13 Å². The van der Waals surface area contributed by atoms with E-state index in [1.807, 2.05) is 31.4 Å². The number of rotatable bonds is 6. The molecule has 2 aromatic rings. The van der Waals surface area contributed by atoms with Crippen LogP contribution in [0.5, 0.6) is 0 Å². The summed E-state index contributed by atoms with van der Waals surface area (Å²) in [5, 5.41) is 5.88. The van der Waals surface area contributed by atoms with E-state index in [1.165, 1.54) is 11.3 Å². The zero-order chi connectivity index (χ0) is 14.5. The van der Waals surface area contributed by atoms with Gasteiger partial charge in [0.05, 0.1) is 17.9 Å². The first-order chi connectivity index (χ1) is 9.67. The van der Waals surface area contributed by atoms with Gasteiger partial charge in [0, 0.05) is 31.3 Å². The summed E-state index contributed by atoms with van der Waals surface area (Å²) >= 11 is 1.50. The highest BCUT2D eigenvalue weighted by molar-refractivity contribution is 7.14. The van der Waals surface area contributed by atoms with E-state index < -0.39 is 0 Å². The van der Waals surface area contributed by atoms with Crippen LogP contribution in [0.25, 0.3) is 11.3 Å². The lowest BCUT2D eigenvalue weighted by molar-refractivity contribution is 0.211. The first-order valence-electron chi connectivity index (χ1n) is 6.56. The van der Waals surface area contributed by atoms with E-state index in [9.17, 15) is 4.79 Å². The summed E-state index contributed by atoms with van der Waals surface area (Å²) in [6.07, 6.45) is 0. The first-order valence-corrected chi connectivity index (χ1v) is 7.44. The number of aryl methyl sites for hydroxylation is 1. The predicted octanol–water partition coefficient (Wildman–Crippen LogP) is 2.36. The molecule has 0 aliphatic rings. The minimum Gasteiger partial charge on any atom is -0.383 e. The molecule has 0 atom stereocenters. The normalized spacial score (nSPS) is 10.8. The van der Waals surface area contributed by atoms with Gasteiger partial charge in [-0.25, -0.2) is 4.98 Å². The third-order valence-electron chi connectivity index (χ3n) is 3.07. The van der Waals surface area contributed by atoms with Crippen LogP contribution in [-0.2, 0) is 11.3 Å². The van der Waals surface area contributed by atoms with Gasteiger partial charge in [-0.05, 0) is 26.0 Å². The molecule has 20 heavy (non-hydrogen) atoms. The van der Waals surface area contributed by atoms with E-state index in [-0.39, 0.29) is 5.56 Å². The maximum absolute atomic E-state index is 12.4. The van der Waals surface area contributed by atoms with E-state index >= 15 is 0 Å². The number of anilines is 1. The van der Waals surface area contributed by atoms with E-state index in [1.54, 1.807) is 11.7 Å². The minimum absolute atomic E-state index is 0.0150. The summed E-state index contributed by atoms with van der Waals surface area (Å²) in [7, 11) is 1.66. The molecule has 0 unspecified atom stereocenters. The molecule has 0 aliphatic carbocycles. The van der Waals surface area contributed by atoms with Gasteiger partial charge in [-0.15, -0.1) is 11.3 Å². The van der Waals surface area contributed by atoms with Crippen molar-refractivity contribution in [3.8, 4) is 11.3 Å². The quantitative estimate of drug-likeness (QED) is 0.831. The highest BCUT2D eigenvalue weighted by atomic mass is 32.1. The van der Waals surface area contributed by atoms with Crippen molar-refractivity contribution in [2.45, 2.75) is 20.4 Å². The third kappa shape index (κ3) is 3.08. The van der Waals surface area contributed by atoms with Gasteiger partial charge >= 0.3 is 0 Å². The molecule has 0 spiro atoms. The zero-order valence-corrected chi connectivity index (χ0v) is 12.8. The monoisotopic (exact) mass is 293 g/mol. The number of nitrogens with zero attached hydrogens (tertiary/aromatic N) is 2. The van der Waals surface area contributed by atoms with Crippen LogP contribution in [0.1, 0.15) is 12.6 Å². The molecule has 1 N–H and O–H groups in total. The fourth-order valence-corrected chi connectivity index (χ4v) is 2.74. The van der Waals surface area contributed by atoms with Crippen LogP contribution < -0.4 is 10.9 Å². The molecule has 0 saturated carbocycles.